The number of nitrogens with zero attached hydrogens (tertiary/aromatic N) is 5. The molecule has 1 amide bonds. The van der Waals surface area contributed by atoms with Gasteiger partial charge in [-0.3, -0.25) is 9.48 Å². The van der Waals surface area contributed by atoms with E-state index in [-0.39, 0.29) is 11.8 Å². The third-order valence-electron chi connectivity index (χ3n) is 4.30. The summed E-state index contributed by atoms with van der Waals surface area (Å²) in [7, 11) is 0. The van der Waals surface area contributed by atoms with E-state index in [0.717, 1.165) is 43.9 Å². The van der Waals surface area contributed by atoms with Crippen LogP contribution in [0.4, 0.5) is 0 Å². The van der Waals surface area contributed by atoms with Crippen molar-refractivity contribution in [1.82, 2.24) is 24.6 Å². The summed E-state index contributed by atoms with van der Waals surface area (Å²) >= 11 is 6.22. The van der Waals surface area contributed by atoms with E-state index in [1.54, 1.807) is 17.1 Å². The SMILES string of the molecule is CCCn1cc(Cl)c(C(=O)N2CCCC(c3ccnc(C)n3)C2)n1. The van der Waals surface area contributed by atoms with E-state index in [9.17, 15) is 4.79 Å². The molecule has 0 bridgehead atoms. The van der Waals surface area contributed by atoms with E-state index in [1.807, 2.05) is 17.9 Å². The number of rotatable bonds is 4. The number of piperidine rings is 1. The van der Waals surface area contributed by atoms with E-state index in [4.69, 9.17) is 11.6 Å². The van der Waals surface area contributed by atoms with Gasteiger partial charge in [-0.25, -0.2) is 9.97 Å². The predicted octanol–water partition coefficient (Wildman–Crippen LogP) is 3.06. The van der Waals surface area contributed by atoms with E-state index in [1.165, 1.54) is 0 Å². The molecule has 2 aromatic rings. The van der Waals surface area contributed by atoms with Gasteiger partial charge in [-0.15, -0.1) is 0 Å². The van der Waals surface area contributed by atoms with Crippen molar-refractivity contribution >= 4 is 17.5 Å². The molecule has 3 heterocycles. The molecule has 0 saturated carbocycles. The molecule has 2 aromatic heterocycles. The number of hydrogen-bond acceptors (Lipinski definition) is 4. The Morgan fingerprint density at radius 1 is 1.46 bits per heavy atom. The normalized spacial score (nSPS) is 18.0. The second-order valence-electron chi connectivity index (χ2n) is 6.21. The molecule has 0 aliphatic carbocycles. The van der Waals surface area contributed by atoms with Crippen LogP contribution < -0.4 is 0 Å². The highest BCUT2D eigenvalue weighted by molar-refractivity contribution is 6.33. The van der Waals surface area contributed by atoms with Crippen LogP contribution in [0.5, 0.6) is 0 Å². The fourth-order valence-electron chi connectivity index (χ4n) is 3.14. The van der Waals surface area contributed by atoms with E-state index in [0.29, 0.717) is 17.3 Å². The number of carbonyl (C=O) groups excluding carboxylic acids is 1. The van der Waals surface area contributed by atoms with Crippen molar-refractivity contribution in [2.24, 2.45) is 0 Å². The van der Waals surface area contributed by atoms with Gasteiger partial charge < -0.3 is 4.90 Å². The summed E-state index contributed by atoms with van der Waals surface area (Å²) in [4.78, 5) is 23.3. The standard InChI is InChI=1S/C17H22ClN5O/c1-3-8-23-11-14(18)16(21-23)17(24)22-9-4-5-13(10-22)15-6-7-19-12(2)20-15/h6-7,11,13H,3-5,8-10H2,1-2H3. The molecule has 7 heteroatoms. The second-order valence-corrected chi connectivity index (χ2v) is 6.61. The van der Waals surface area contributed by atoms with Gasteiger partial charge in [-0.1, -0.05) is 18.5 Å². The first-order valence-electron chi connectivity index (χ1n) is 8.40. The molecule has 0 N–H and O–H groups in total. The van der Waals surface area contributed by atoms with Crippen molar-refractivity contribution in [3.63, 3.8) is 0 Å². The number of amides is 1. The number of halogens is 1. The second kappa shape index (κ2) is 7.30. The van der Waals surface area contributed by atoms with Gasteiger partial charge >= 0.3 is 0 Å². The highest BCUT2D eigenvalue weighted by Crippen LogP contribution is 2.27. The maximum absolute atomic E-state index is 12.8. The van der Waals surface area contributed by atoms with Crippen LogP contribution >= 0.6 is 11.6 Å². The summed E-state index contributed by atoms with van der Waals surface area (Å²) < 4.78 is 1.74. The van der Waals surface area contributed by atoms with E-state index >= 15 is 0 Å². The van der Waals surface area contributed by atoms with Crippen LogP contribution in [0, 0.1) is 6.92 Å². The Hall–Kier alpha value is -1.95. The van der Waals surface area contributed by atoms with Gasteiger partial charge in [0.25, 0.3) is 5.91 Å². The summed E-state index contributed by atoms with van der Waals surface area (Å²) in [5, 5.41) is 4.78. The van der Waals surface area contributed by atoms with Crippen molar-refractivity contribution in [1.29, 1.82) is 0 Å². The Kier molecular flexibility index (Phi) is 5.14. The molecule has 0 aromatic carbocycles. The summed E-state index contributed by atoms with van der Waals surface area (Å²) in [6.45, 7) is 6.09. The highest BCUT2D eigenvalue weighted by atomic mass is 35.5. The minimum atomic E-state index is -0.0923. The number of hydrogen-bond donors (Lipinski definition) is 0. The zero-order valence-electron chi connectivity index (χ0n) is 14.1. The summed E-state index contributed by atoms with van der Waals surface area (Å²) in [5.74, 6) is 0.906. The number of carbonyl (C=O) groups is 1. The maximum Gasteiger partial charge on any atom is 0.275 e. The lowest BCUT2D eigenvalue weighted by Crippen LogP contribution is -2.39. The number of aromatic nitrogens is 4. The van der Waals surface area contributed by atoms with Crippen molar-refractivity contribution in [2.45, 2.75) is 45.6 Å². The number of likely N-dealkylation sites (tertiary alicyclic amines) is 1. The minimum Gasteiger partial charge on any atom is -0.337 e. The molecule has 0 radical (unpaired) electrons. The molecule has 128 valence electrons. The van der Waals surface area contributed by atoms with E-state index < -0.39 is 0 Å². The van der Waals surface area contributed by atoms with Gasteiger partial charge in [0.2, 0.25) is 0 Å². The summed E-state index contributed by atoms with van der Waals surface area (Å²) in [5.41, 5.74) is 1.35. The van der Waals surface area contributed by atoms with Crippen LogP contribution in [0.2, 0.25) is 5.02 Å². The molecule has 1 unspecified atom stereocenters. The molecule has 1 saturated heterocycles. The predicted molar refractivity (Wildman–Crippen MR) is 92.2 cm³/mol. The molecule has 1 aliphatic heterocycles. The fraction of sp³-hybridized carbons (Fsp3) is 0.529. The molecular formula is C17H22ClN5O. The largest absolute Gasteiger partial charge is 0.337 e. The average molecular weight is 348 g/mol. The first kappa shape index (κ1) is 16.9. The molecule has 0 spiro atoms. The Balaban J connectivity index is 1.75. The molecule has 24 heavy (non-hydrogen) atoms. The van der Waals surface area contributed by atoms with Crippen molar-refractivity contribution in [3.8, 4) is 0 Å². The third-order valence-corrected chi connectivity index (χ3v) is 4.57. The summed E-state index contributed by atoms with van der Waals surface area (Å²) in [6, 6.07) is 1.94. The van der Waals surface area contributed by atoms with Crippen molar-refractivity contribution in [3.05, 3.63) is 40.7 Å². The molecule has 6 nitrogen and oxygen atoms in total. The van der Waals surface area contributed by atoms with Crippen LogP contribution in [0.3, 0.4) is 0 Å². The fourth-order valence-corrected chi connectivity index (χ4v) is 3.37. The first-order valence-corrected chi connectivity index (χ1v) is 8.78. The van der Waals surface area contributed by atoms with Gasteiger partial charge in [-0.2, -0.15) is 5.10 Å². The van der Waals surface area contributed by atoms with Crippen LogP contribution in [0.25, 0.3) is 0 Å². The smallest absolute Gasteiger partial charge is 0.275 e. The molecular weight excluding hydrogens is 326 g/mol. The van der Waals surface area contributed by atoms with Crippen molar-refractivity contribution in [2.75, 3.05) is 13.1 Å². The molecule has 1 atom stereocenters. The Morgan fingerprint density at radius 3 is 3.04 bits per heavy atom. The average Bonchev–Trinajstić information content (AvgIpc) is 2.95. The van der Waals surface area contributed by atoms with Gasteiger partial charge in [-0.05, 0) is 32.3 Å². The zero-order chi connectivity index (χ0) is 17.1. The van der Waals surface area contributed by atoms with Crippen molar-refractivity contribution < 1.29 is 4.79 Å². The first-order chi connectivity index (χ1) is 11.6. The topological polar surface area (TPSA) is 63.9 Å². The lowest BCUT2D eigenvalue weighted by Gasteiger charge is -2.32. The Morgan fingerprint density at radius 2 is 2.29 bits per heavy atom. The maximum atomic E-state index is 12.8. The van der Waals surface area contributed by atoms with Crippen LogP contribution in [0.15, 0.2) is 18.5 Å². The third kappa shape index (κ3) is 3.59. The van der Waals surface area contributed by atoms with E-state index in [2.05, 4.69) is 22.0 Å². The minimum absolute atomic E-state index is 0.0923. The molecule has 3 rings (SSSR count). The molecule has 1 aliphatic rings. The van der Waals surface area contributed by atoms with Gasteiger partial charge in [0.15, 0.2) is 5.69 Å². The number of aryl methyl sites for hydroxylation is 2. The highest BCUT2D eigenvalue weighted by Gasteiger charge is 2.29. The molecule has 1 fully saturated rings. The van der Waals surface area contributed by atoms with Gasteiger partial charge in [0.1, 0.15) is 5.82 Å². The zero-order valence-corrected chi connectivity index (χ0v) is 14.8. The van der Waals surface area contributed by atoms with Crippen LogP contribution in [-0.4, -0.2) is 43.6 Å². The Bertz CT molecular complexity index is 730. The van der Waals surface area contributed by atoms with Crippen LogP contribution in [0.1, 0.15) is 54.1 Å². The Labute approximate surface area is 146 Å². The quantitative estimate of drug-likeness (QED) is 0.852. The lowest BCUT2D eigenvalue weighted by molar-refractivity contribution is 0.0699. The van der Waals surface area contributed by atoms with Crippen LogP contribution in [-0.2, 0) is 6.54 Å². The van der Waals surface area contributed by atoms with Gasteiger partial charge in [0, 0.05) is 43.6 Å². The van der Waals surface area contributed by atoms with Gasteiger partial charge in [0.05, 0.1) is 5.02 Å². The lowest BCUT2D eigenvalue weighted by atomic mass is 9.94. The monoisotopic (exact) mass is 347 g/mol. The summed E-state index contributed by atoms with van der Waals surface area (Å²) in [6.07, 6.45) is 6.44.